The van der Waals surface area contributed by atoms with E-state index in [9.17, 15) is 43.5 Å². The average molecular weight is 1240 g/mol. The first-order valence-electron chi connectivity index (χ1n) is 31.2. The lowest BCUT2D eigenvalue weighted by Crippen LogP contribution is -2.60. The molecule has 24 heteroatoms. The molecule has 5 N–H and O–H groups in total. The van der Waals surface area contributed by atoms with E-state index in [4.69, 9.17) is 33.2 Å². The van der Waals surface area contributed by atoms with Gasteiger partial charge >= 0.3 is 0 Å². The molecule has 3 aliphatic heterocycles. The van der Waals surface area contributed by atoms with Gasteiger partial charge in [-0.3, -0.25) is 53.5 Å². The molecule has 5 rings (SSSR count). The number of hydrogen-bond donors (Lipinski definition) is 5. The van der Waals surface area contributed by atoms with Gasteiger partial charge in [-0.25, -0.2) is 0 Å². The molecule has 492 valence electrons. The average Bonchev–Trinajstić information content (AvgIpc) is 2.70. The molecule has 1 unspecified atom stereocenters. The zero-order chi connectivity index (χ0) is 64.6. The van der Waals surface area contributed by atoms with Crippen LogP contribution in [0.1, 0.15) is 126 Å². The molecule has 0 radical (unpaired) electrons. The number of aliphatic hydroxyl groups excluding tert-OH is 1. The van der Waals surface area contributed by atoms with Gasteiger partial charge < -0.3 is 64.0 Å². The summed E-state index contributed by atoms with van der Waals surface area (Å²) in [5.74, 6) is -4.38. The molecular formula is C64H100N8O16. The Kier molecular flexibility index (Phi) is 30.3. The van der Waals surface area contributed by atoms with E-state index >= 15 is 0 Å². The number of nitrogens with zero attached hydrogens (tertiary/aromatic N) is 4. The molecule has 8 amide bonds. The molecule has 2 fully saturated rings. The summed E-state index contributed by atoms with van der Waals surface area (Å²) < 4.78 is 40.5. The third-order valence-corrected chi connectivity index (χ3v) is 17.0. The van der Waals surface area contributed by atoms with Crippen LogP contribution in [-0.4, -0.2) is 234 Å². The summed E-state index contributed by atoms with van der Waals surface area (Å²) >= 11 is 0. The molecule has 0 saturated carbocycles. The Hall–Kier alpha value is -5.96. The molecule has 2 aromatic rings. The van der Waals surface area contributed by atoms with Crippen molar-refractivity contribution >= 4 is 52.9 Å². The maximum absolute atomic E-state index is 14.7. The van der Waals surface area contributed by atoms with Crippen LogP contribution in [0, 0.1) is 23.7 Å². The molecule has 0 aliphatic carbocycles. The minimum absolute atomic E-state index is 0.0190. The first-order chi connectivity index (χ1) is 42.1. The Morgan fingerprint density at radius 1 is 0.727 bits per heavy atom. The van der Waals surface area contributed by atoms with Crippen LogP contribution in [0.3, 0.4) is 0 Å². The number of imide groups is 2. The predicted octanol–water partition coefficient (Wildman–Crippen LogP) is 3.84. The van der Waals surface area contributed by atoms with E-state index in [1.807, 2.05) is 83.8 Å². The van der Waals surface area contributed by atoms with E-state index in [0.29, 0.717) is 110 Å². The van der Waals surface area contributed by atoms with E-state index in [-0.39, 0.29) is 77.8 Å². The molecule has 0 aromatic heterocycles. The second-order valence-electron chi connectivity index (χ2n) is 23.8. The lowest BCUT2D eigenvalue weighted by atomic mass is 9.89. The van der Waals surface area contributed by atoms with Crippen molar-refractivity contribution in [3.63, 3.8) is 0 Å². The maximum atomic E-state index is 14.7. The summed E-state index contributed by atoms with van der Waals surface area (Å²) in [7, 11) is 6.67. The molecule has 24 nitrogen and oxygen atoms in total. The van der Waals surface area contributed by atoms with Crippen molar-refractivity contribution in [2.75, 3.05) is 119 Å². The van der Waals surface area contributed by atoms with Crippen LogP contribution in [0.4, 0.5) is 5.69 Å². The number of carbonyl (C=O) groups excluding carboxylic acids is 8. The minimum atomic E-state index is -1.04. The van der Waals surface area contributed by atoms with E-state index in [1.54, 1.807) is 63.1 Å². The number of amides is 8. The number of rotatable bonds is 40. The van der Waals surface area contributed by atoms with Gasteiger partial charge in [-0.2, -0.15) is 0 Å². The zero-order valence-electron chi connectivity index (χ0n) is 53.9. The zero-order valence-corrected chi connectivity index (χ0v) is 53.9. The summed E-state index contributed by atoms with van der Waals surface area (Å²) in [6.45, 7) is 20.0. The Labute approximate surface area is 520 Å². The Balaban J connectivity index is 0.971. The summed E-state index contributed by atoms with van der Waals surface area (Å²) in [5, 5.41) is 22.3. The van der Waals surface area contributed by atoms with Crippen molar-refractivity contribution in [2.45, 2.75) is 148 Å². The summed E-state index contributed by atoms with van der Waals surface area (Å²) in [6, 6.07) is 10.1. The smallest absolute Gasteiger partial charge is 0.264 e. The first kappa shape index (κ1) is 72.8. The van der Waals surface area contributed by atoms with Crippen LogP contribution in [0.5, 0.6) is 0 Å². The van der Waals surface area contributed by atoms with Crippen molar-refractivity contribution in [1.29, 1.82) is 0 Å². The van der Waals surface area contributed by atoms with Crippen molar-refractivity contribution in [2.24, 2.45) is 23.7 Å². The van der Waals surface area contributed by atoms with Gasteiger partial charge in [0.2, 0.25) is 35.4 Å². The third kappa shape index (κ3) is 20.0. The fourth-order valence-corrected chi connectivity index (χ4v) is 11.9. The molecule has 11 atom stereocenters. The number of nitrogens with one attached hydrogen (secondary N) is 4. The molecule has 0 bridgehead atoms. The van der Waals surface area contributed by atoms with Crippen LogP contribution in [0.15, 0.2) is 48.5 Å². The van der Waals surface area contributed by atoms with E-state index in [1.165, 1.54) is 0 Å². The van der Waals surface area contributed by atoms with E-state index in [2.05, 4.69) is 21.3 Å². The second kappa shape index (κ2) is 36.6. The topological polar surface area (TPSA) is 282 Å². The number of anilines is 1. The molecule has 2 saturated heterocycles. The van der Waals surface area contributed by atoms with E-state index in [0.717, 1.165) is 11.3 Å². The van der Waals surface area contributed by atoms with Crippen LogP contribution in [0.25, 0.3) is 0 Å². The van der Waals surface area contributed by atoms with Gasteiger partial charge in [0.1, 0.15) is 12.1 Å². The highest BCUT2D eigenvalue weighted by atomic mass is 16.6. The number of carbonyl (C=O) groups is 8. The van der Waals surface area contributed by atoms with Gasteiger partial charge in [-0.15, -0.1) is 0 Å². The standard InChI is InChI=1S/C64H100N8O16/c1-13-42(6)56(50(82-11)39-52(74)71-27-18-23-48(71)58(83-12)43(7)59(76)66-44(8)57(75)45-19-15-14-16-20-45)70(10)64(81)54(40(2)3)68-61(78)55(41(4)5)69(9)28-30-85-32-34-87-36-38-88-37-35-86-33-31-84-29-26-65-47-22-17-21-46-53(47)63(80)72(62(46)79)49-24-25-51(73)67-60(49)77/h14-17,19-22,40-44,48-50,54-58,65,75H,13,18,23-39H2,1-12H3,(H,66,76)(H,68,78)(H,67,73,77)/t42-,43+,44+,48-,49?,50+,54-,55-,56-,57+,58+/m0/s1. The summed E-state index contributed by atoms with van der Waals surface area (Å²) in [4.78, 5) is 114. The van der Waals surface area contributed by atoms with Gasteiger partial charge in [0.05, 0.1) is 132 Å². The van der Waals surface area contributed by atoms with Crippen LogP contribution >= 0.6 is 0 Å². The highest BCUT2D eigenvalue weighted by Crippen LogP contribution is 2.33. The number of benzene rings is 2. The number of ether oxygens (including phenoxy) is 7. The molecule has 0 spiro atoms. The lowest BCUT2D eigenvalue weighted by Gasteiger charge is -2.41. The maximum Gasteiger partial charge on any atom is 0.264 e. The second-order valence-corrected chi connectivity index (χ2v) is 23.8. The number of aliphatic hydroxyl groups is 1. The monoisotopic (exact) mass is 1240 g/mol. The van der Waals surface area contributed by atoms with Gasteiger partial charge in [0.15, 0.2) is 0 Å². The quantitative estimate of drug-likeness (QED) is 0.0468. The Bertz CT molecular complexity index is 2580. The fraction of sp³-hybridized carbons (Fsp3) is 0.688. The lowest BCUT2D eigenvalue weighted by molar-refractivity contribution is -0.148. The van der Waals surface area contributed by atoms with Crippen LogP contribution in [-0.2, 0) is 61.9 Å². The number of fused-ring (bicyclic) bond motifs is 1. The van der Waals surface area contributed by atoms with Gasteiger partial charge in [0, 0.05) is 53.0 Å². The number of hydrogen-bond acceptors (Lipinski definition) is 18. The van der Waals surface area contributed by atoms with Crippen molar-refractivity contribution in [3.05, 3.63) is 65.2 Å². The normalized spacial score (nSPS) is 19.2. The van der Waals surface area contributed by atoms with Gasteiger partial charge in [-0.05, 0) is 68.7 Å². The van der Waals surface area contributed by atoms with Gasteiger partial charge in [0.25, 0.3) is 11.8 Å². The van der Waals surface area contributed by atoms with Crippen molar-refractivity contribution in [3.8, 4) is 0 Å². The highest BCUT2D eigenvalue weighted by Gasteiger charge is 2.47. The Morgan fingerprint density at radius 2 is 1.34 bits per heavy atom. The van der Waals surface area contributed by atoms with Crippen molar-refractivity contribution in [1.82, 2.24) is 35.6 Å². The minimum Gasteiger partial charge on any atom is -0.386 e. The third-order valence-electron chi connectivity index (χ3n) is 17.0. The predicted molar refractivity (Wildman–Crippen MR) is 329 cm³/mol. The largest absolute Gasteiger partial charge is 0.386 e. The molecule has 3 aliphatic rings. The number of piperidine rings is 1. The molecule has 88 heavy (non-hydrogen) atoms. The highest BCUT2D eigenvalue weighted by molar-refractivity contribution is 6.25. The number of likely N-dealkylation sites (N-methyl/N-ethyl adjacent to an activating group) is 2. The fourth-order valence-electron chi connectivity index (χ4n) is 11.9. The molecule has 2 aromatic carbocycles. The van der Waals surface area contributed by atoms with Crippen molar-refractivity contribution < 1.29 is 76.6 Å². The molecule has 3 heterocycles. The van der Waals surface area contributed by atoms with E-state index < -0.39 is 78.1 Å². The first-order valence-corrected chi connectivity index (χ1v) is 31.2. The van der Waals surface area contributed by atoms with Gasteiger partial charge in [-0.1, -0.05) is 91.3 Å². The number of methoxy groups -OCH3 is 2. The Morgan fingerprint density at radius 3 is 1.91 bits per heavy atom. The SMILES string of the molecule is CC[C@H](C)[C@@H]([C@@H](CC(=O)N1CCC[C@H]1[C@H](OC)[C@@H](C)C(=O)N[C@H](C)[C@@H](O)c1ccccc1)OC)N(C)C(=O)[C@@H](NC(=O)[C@H](C(C)C)N(C)CCOCCOCCOCCOCCOCCNc1cccc2c1C(=O)N(C1CCC(=O)NC1=O)C2=O)C(C)C. The number of likely N-dealkylation sites (tertiary alicyclic amines) is 1. The molecular weight excluding hydrogens is 1140 g/mol. The summed E-state index contributed by atoms with van der Waals surface area (Å²) in [6.07, 6.45) is -0.0562. The van der Waals surface area contributed by atoms with Crippen LogP contribution in [0.2, 0.25) is 0 Å². The summed E-state index contributed by atoms with van der Waals surface area (Å²) in [5.41, 5.74) is 1.53. The van der Waals surface area contributed by atoms with Crippen LogP contribution < -0.4 is 21.3 Å².